The first-order valence-electron chi connectivity index (χ1n) is 9.85. The number of oxazole rings is 1. The average Bonchev–Trinajstić information content (AvgIpc) is 3.31. The summed E-state index contributed by atoms with van der Waals surface area (Å²) in [7, 11) is 0. The van der Waals surface area contributed by atoms with E-state index in [-0.39, 0.29) is 0 Å². The van der Waals surface area contributed by atoms with Gasteiger partial charge >= 0.3 is 0 Å². The Bertz CT molecular complexity index is 741. The summed E-state index contributed by atoms with van der Waals surface area (Å²) >= 11 is 2.07. The van der Waals surface area contributed by atoms with E-state index in [2.05, 4.69) is 60.3 Å². The monoisotopic (exact) mass is 386 g/mol. The van der Waals surface area contributed by atoms with Crippen molar-refractivity contribution in [2.75, 3.05) is 12.3 Å². The van der Waals surface area contributed by atoms with Crippen LogP contribution in [0.25, 0.3) is 11.5 Å². The fraction of sp³-hybridized carbons (Fsp3) is 0.524. The molecule has 1 fully saturated rings. The highest BCUT2D eigenvalue weighted by Gasteiger charge is 2.25. The third kappa shape index (κ3) is 5.76. The molecule has 27 heavy (non-hydrogen) atoms. The molecular formula is C21H30N4OS. The Morgan fingerprint density at radius 1 is 1.26 bits per heavy atom. The third-order valence-electron chi connectivity index (χ3n) is 4.72. The number of nitrogens with one attached hydrogen (secondary N) is 2. The van der Waals surface area contributed by atoms with E-state index in [1.54, 1.807) is 6.26 Å². The van der Waals surface area contributed by atoms with Crippen molar-refractivity contribution in [3.63, 3.8) is 0 Å². The molecule has 0 amide bonds. The molecule has 2 unspecified atom stereocenters. The fourth-order valence-electron chi connectivity index (χ4n) is 3.34. The summed E-state index contributed by atoms with van der Waals surface area (Å²) < 4.78 is 5.63. The zero-order valence-electron chi connectivity index (χ0n) is 16.5. The van der Waals surface area contributed by atoms with E-state index in [0.29, 0.717) is 18.5 Å². The number of rotatable bonds is 7. The van der Waals surface area contributed by atoms with Crippen LogP contribution in [0.4, 0.5) is 0 Å². The minimum atomic E-state index is 0.505. The standard InChI is InChI=1S/C21H30N4OS/c1-4-22-21(25-17-10-11-19(12-17)27-5-2)23-13-18-14-26-20(24-18)16-8-6-15(3)7-9-16/h6-9,14,17,19H,4-5,10-13H2,1-3H3,(H2,22,23,25). The van der Waals surface area contributed by atoms with Crippen molar-refractivity contribution in [1.82, 2.24) is 15.6 Å². The average molecular weight is 387 g/mol. The number of aryl methyl sites for hydroxylation is 1. The molecule has 0 spiro atoms. The van der Waals surface area contributed by atoms with Crippen molar-refractivity contribution in [1.29, 1.82) is 0 Å². The summed E-state index contributed by atoms with van der Waals surface area (Å²) in [6.45, 7) is 7.75. The van der Waals surface area contributed by atoms with Gasteiger partial charge in [-0.3, -0.25) is 0 Å². The molecule has 2 N–H and O–H groups in total. The van der Waals surface area contributed by atoms with Crippen LogP contribution in [0.2, 0.25) is 0 Å². The Kier molecular flexibility index (Phi) is 7.21. The first kappa shape index (κ1) is 19.8. The lowest BCUT2D eigenvalue weighted by atomic mass is 10.1. The molecule has 2 atom stereocenters. The molecule has 1 aromatic heterocycles. The zero-order chi connectivity index (χ0) is 19.1. The molecule has 1 aliphatic rings. The summed E-state index contributed by atoms with van der Waals surface area (Å²) in [4.78, 5) is 9.28. The Hall–Kier alpha value is -1.95. The highest BCUT2D eigenvalue weighted by molar-refractivity contribution is 7.99. The summed E-state index contributed by atoms with van der Waals surface area (Å²) in [5, 5.41) is 7.71. The van der Waals surface area contributed by atoms with Crippen LogP contribution in [0.5, 0.6) is 0 Å². The van der Waals surface area contributed by atoms with Gasteiger partial charge in [0.05, 0.1) is 6.54 Å². The Labute approximate surface area is 166 Å². The van der Waals surface area contributed by atoms with Gasteiger partial charge in [0.15, 0.2) is 5.96 Å². The second-order valence-corrected chi connectivity index (χ2v) is 8.51. The summed E-state index contributed by atoms with van der Waals surface area (Å²) in [5.41, 5.74) is 3.06. The number of nitrogens with zero attached hydrogens (tertiary/aromatic N) is 2. The first-order valence-corrected chi connectivity index (χ1v) is 10.9. The predicted molar refractivity (Wildman–Crippen MR) is 114 cm³/mol. The van der Waals surface area contributed by atoms with Crippen LogP contribution >= 0.6 is 11.8 Å². The number of hydrogen-bond acceptors (Lipinski definition) is 4. The molecule has 3 rings (SSSR count). The minimum Gasteiger partial charge on any atom is -0.444 e. The molecule has 1 aromatic carbocycles. The summed E-state index contributed by atoms with van der Waals surface area (Å²) in [5.74, 6) is 2.71. The SMILES string of the molecule is CCNC(=NCc1coc(-c2ccc(C)cc2)n1)NC1CCC(SCC)C1. The number of benzene rings is 1. The molecule has 0 bridgehead atoms. The number of hydrogen-bond donors (Lipinski definition) is 2. The lowest BCUT2D eigenvalue weighted by Crippen LogP contribution is -2.42. The number of thioether (sulfide) groups is 1. The van der Waals surface area contributed by atoms with Crippen LogP contribution in [0.3, 0.4) is 0 Å². The van der Waals surface area contributed by atoms with Gasteiger partial charge in [0.1, 0.15) is 12.0 Å². The number of aromatic nitrogens is 1. The highest BCUT2D eigenvalue weighted by atomic mass is 32.2. The number of guanidine groups is 1. The molecular weight excluding hydrogens is 356 g/mol. The van der Waals surface area contributed by atoms with Crippen molar-refractivity contribution >= 4 is 17.7 Å². The van der Waals surface area contributed by atoms with Gasteiger partial charge in [-0.05, 0) is 51.0 Å². The molecule has 0 aliphatic heterocycles. The summed E-state index contributed by atoms with van der Waals surface area (Å²) in [6.07, 6.45) is 5.42. The lowest BCUT2D eigenvalue weighted by Gasteiger charge is -2.17. The van der Waals surface area contributed by atoms with Gasteiger partial charge < -0.3 is 15.1 Å². The normalized spacial score (nSPS) is 20.0. The van der Waals surface area contributed by atoms with E-state index >= 15 is 0 Å². The van der Waals surface area contributed by atoms with Crippen LogP contribution in [0.1, 0.15) is 44.4 Å². The van der Waals surface area contributed by atoms with Gasteiger partial charge in [-0.15, -0.1) is 0 Å². The Balaban J connectivity index is 1.59. The van der Waals surface area contributed by atoms with Crippen LogP contribution in [0, 0.1) is 6.92 Å². The minimum absolute atomic E-state index is 0.505. The van der Waals surface area contributed by atoms with Crippen LogP contribution in [-0.4, -0.2) is 34.5 Å². The van der Waals surface area contributed by atoms with Gasteiger partial charge in [0.2, 0.25) is 5.89 Å². The lowest BCUT2D eigenvalue weighted by molar-refractivity contribution is 0.572. The van der Waals surface area contributed by atoms with Crippen molar-refractivity contribution in [3.05, 3.63) is 41.8 Å². The number of aliphatic imine (C=N–C) groups is 1. The topological polar surface area (TPSA) is 62.5 Å². The van der Waals surface area contributed by atoms with Crippen molar-refractivity contribution < 1.29 is 4.42 Å². The quantitative estimate of drug-likeness (QED) is 0.546. The first-order chi connectivity index (χ1) is 13.2. The second kappa shape index (κ2) is 9.83. The van der Waals surface area contributed by atoms with E-state index < -0.39 is 0 Å². The molecule has 1 heterocycles. The van der Waals surface area contributed by atoms with E-state index in [0.717, 1.165) is 29.0 Å². The van der Waals surface area contributed by atoms with E-state index in [9.17, 15) is 0 Å². The second-order valence-electron chi connectivity index (χ2n) is 6.94. The smallest absolute Gasteiger partial charge is 0.226 e. The fourth-order valence-corrected chi connectivity index (χ4v) is 4.48. The maximum atomic E-state index is 5.63. The predicted octanol–water partition coefficient (Wildman–Crippen LogP) is 4.38. The van der Waals surface area contributed by atoms with Gasteiger partial charge in [0.25, 0.3) is 0 Å². The molecule has 2 aromatic rings. The largest absolute Gasteiger partial charge is 0.444 e. The van der Waals surface area contributed by atoms with Gasteiger partial charge in [-0.25, -0.2) is 9.98 Å². The molecule has 0 saturated heterocycles. The van der Waals surface area contributed by atoms with Crippen molar-refractivity contribution in [2.45, 2.75) is 57.9 Å². The van der Waals surface area contributed by atoms with E-state index in [1.807, 2.05) is 12.1 Å². The molecule has 146 valence electrons. The maximum Gasteiger partial charge on any atom is 0.226 e. The van der Waals surface area contributed by atoms with Crippen molar-refractivity contribution in [3.8, 4) is 11.5 Å². The Morgan fingerprint density at radius 2 is 2.07 bits per heavy atom. The van der Waals surface area contributed by atoms with Crippen LogP contribution < -0.4 is 10.6 Å². The van der Waals surface area contributed by atoms with Crippen LogP contribution in [-0.2, 0) is 6.54 Å². The zero-order valence-corrected chi connectivity index (χ0v) is 17.3. The van der Waals surface area contributed by atoms with E-state index in [4.69, 9.17) is 9.41 Å². The van der Waals surface area contributed by atoms with Crippen LogP contribution in [0.15, 0.2) is 39.9 Å². The maximum absolute atomic E-state index is 5.63. The summed E-state index contributed by atoms with van der Waals surface area (Å²) in [6, 6.07) is 8.70. The van der Waals surface area contributed by atoms with Crippen molar-refractivity contribution in [2.24, 2.45) is 4.99 Å². The third-order valence-corrected chi connectivity index (χ3v) is 5.95. The molecule has 1 aliphatic carbocycles. The molecule has 5 nitrogen and oxygen atoms in total. The molecule has 1 saturated carbocycles. The van der Waals surface area contributed by atoms with Gasteiger partial charge in [0, 0.05) is 23.4 Å². The molecule has 6 heteroatoms. The Morgan fingerprint density at radius 3 is 2.81 bits per heavy atom. The molecule has 0 radical (unpaired) electrons. The van der Waals surface area contributed by atoms with Gasteiger partial charge in [-0.1, -0.05) is 24.6 Å². The van der Waals surface area contributed by atoms with E-state index in [1.165, 1.54) is 30.6 Å². The highest BCUT2D eigenvalue weighted by Crippen LogP contribution is 2.29. The van der Waals surface area contributed by atoms with Gasteiger partial charge in [-0.2, -0.15) is 11.8 Å².